The van der Waals surface area contributed by atoms with Crippen molar-refractivity contribution in [3.05, 3.63) is 45.2 Å². The fourth-order valence-corrected chi connectivity index (χ4v) is 2.71. The van der Waals surface area contributed by atoms with Gasteiger partial charge in [-0.15, -0.1) is 0 Å². The first-order chi connectivity index (χ1) is 7.66. The summed E-state index contributed by atoms with van der Waals surface area (Å²) in [5.41, 5.74) is 0. The summed E-state index contributed by atoms with van der Waals surface area (Å²) in [6.45, 7) is 0. The Labute approximate surface area is 116 Å². The van der Waals surface area contributed by atoms with E-state index < -0.39 is 0 Å². The second-order valence-corrected chi connectivity index (χ2v) is 5.45. The largest absolute Gasteiger partial charge is 0.225 e. The lowest BCUT2D eigenvalue weighted by atomic mass is 10.4. The van der Waals surface area contributed by atoms with Crippen LogP contribution in [-0.2, 0) is 0 Å². The van der Waals surface area contributed by atoms with E-state index in [0.29, 0.717) is 5.02 Å². The Bertz CT molecular complexity index is 522. The van der Waals surface area contributed by atoms with Gasteiger partial charge in [-0.2, -0.15) is 0 Å². The molecule has 1 aromatic carbocycles. The molecule has 2 nitrogen and oxygen atoms in total. The molecule has 0 saturated heterocycles. The SMILES string of the molecule is Clc1ncc(Br)c(Sc2ccccc2Cl)n1. The Morgan fingerprint density at radius 2 is 1.94 bits per heavy atom. The predicted molar refractivity (Wildman–Crippen MR) is 70.3 cm³/mol. The van der Waals surface area contributed by atoms with Crippen molar-refractivity contribution in [1.82, 2.24) is 9.97 Å². The Hall–Kier alpha value is -0.290. The van der Waals surface area contributed by atoms with Crippen LogP contribution in [0.25, 0.3) is 0 Å². The highest BCUT2D eigenvalue weighted by atomic mass is 79.9. The van der Waals surface area contributed by atoms with Crippen molar-refractivity contribution >= 4 is 50.9 Å². The van der Waals surface area contributed by atoms with Gasteiger partial charge in [0.05, 0.1) is 9.50 Å². The minimum Gasteiger partial charge on any atom is -0.225 e. The Kier molecular flexibility index (Phi) is 4.08. The lowest BCUT2D eigenvalue weighted by Crippen LogP contribution is -1.86. The van der Waals surface area contributed by atoms with Crippen LogP contribution in [0.3, 0.4) is 0 Å². The average Bonchev–Trinajstić information content (AvgIpc) is 2.27. The van der Waals surface area contributed by atoms with Crippen molar-refractivity contribution in [2.24, 2.45) is 0 Å². The fraction of sp³-hybridized carbons (Fsp3) is 0. The zero-order valence-corrected chi connectivity index (χ0v) is 11.7. The molecule has 1 heterocycles. The molecule has 82 valence electrons. The van der Waals surface area contributed by atoms with Gasteiger partial charge in [0, 0.05) is 11.1 Å². The predicted octanol–water partition coefficient (Wildman–Crippen LogP) is 4.70. The van der Waals surface area contributed by atoms with Crippen LogP contribution in [0, 0.1) is 0 Å². The highest BCUT2D eigenvalue weighted by Gasteiger charge is 2.08. The lowest BCUT2D eigenvalue weighted by Gasteiger charge is -2.04. The number of aromatic nitrogens is 2. The van der Waals surface area contributed by atoms with Crippen molar-refractivity contribution in [3.8, 4) is 0 Å². The summed E-state index contributed by atoms with van der Waals surface area (Å²) >= 11 is 16.6. The number of hydrogen-bond acceptors (Lipinski definition) is 3. The highest BCUT2D eigenvalue weighted by molar-refractivity contribution is 9.10. The standard InChI is InChI=1S/C10H5BrCl2N2S/c11-6-5-14-10(13)15-9(6)16-8-4-2-1-3-7(8)12/h1-5H. The van der Waals surface area contributed by atoms with Gasteiger partial charge in [0.1, 0.15) is 5.03 Å². The minimum atomic E-state index is 0.220. The van der Waals surface area contributed by atoms with Crippen LogP contribution in [0.2, 0.25) is 10.3 Å². The van der Waals surface area contributed by atoms with Crippen molar-refractivity contribution in [1.29, 1.82) is 0 Å². The third-order valence-corrected chi connectivity index (χ3v) is 4.27. The molecule has 0 bridgehead atoms. The molecule has 0 unspecified atom stereocenters. The molecule has 0 atom stereocenters. The smallest absolute Gasteiger partial charge is 0.223 e. The van der Waals surface area contributed by atoms with E-state index in [1.165, 1.54) is 11.8 Å². The van der Waals surface area contributed by atoms with Gasteiger partial charge in [0.15, 0.2) is 0 Å². The van der Waals surface area contributed by atoms with Gasteiger partial charge in [-0.05, 0) is 39.7 Å². The molecule has 2 rings (SSSR count). The van der Waals surface area contributed by atoms with Crippen LogP contribution in [0.15, 0.2) is 44.9 Å². The molecule has 0 aliphatic carbocycles. The van der Waals surface area contributed by atoms with Crippen LogP contribution < -0.4 is 0 Å². The Morgan fingerprint density at radius 1 is 1.19 bits per heavy atom. The van der Waals surface area contributed by atoms with Crippen molar-refractivity contribution < 1.29 is 0 Å². The topological polar surface area (TPSA) is 25.8 Å². The molecule has 6 heteroatoms. The third-order valence-electron chi connectivity index (χ3n) is 1.73. The molecule has 0 fully saturated rings. The highest BCUT2D eigenvalue weighted by Crippen LogP contribution is 2.35. The summed E-state index contributed by atoms with van der Waals surface area (Å²) in [6.07, 6.45) is 1.62. The third kappa shape index (κ3) is 2.88. The van der Waals surface area contributed by atoms with E-state index in [1.807, 2.05) is 24.3 Å². The number of rotatable bonds is 2. The maximum Gasteiger partial charge on any atom is 0.223 e. The van der Waals surface area contributed by atoms with Gasteiger partial charge in [0.2, 0.25) is 5.28 Å². The van der Waals surface area contributed by atoms with E-state index in [9.17, 15) is 0 Å². The fourth-order valence-electron chi connectivity index (χ4n) is 1.03. The van der Waals surface area contributed by atoms with Gasteiger partial charge in [-0.3, -0.25) is 0 Å². The van der Waals surface area contributed by atoms with Crippen LogP contribution >= 0.6 is 50.9 Å². The molecule has 1 aromatic heterocycles. The maximum absolute atomic E-state index is 6.05. The van der Waals surface area contributed by atoms with Gasteiger partial charge in [-0.1, -0.05) is 35.5 Å². The summed E-state index contributed by atoms with van der Waals surface area (Å²) < 4.78 is 0.793. The zero-order chi connectivity index (χ0) is 11.5. The minimum absolute atomic E-state index is 0.220. The second kappa shape index (κ2) is 5.36. The van der Waals surface area contributed by atoms with Gasteiger partial charge < -0.3 is 0 Å². The first-order valence-electron chi connectivity index (χ1n) is 4.27. The quantitative estimate of drug-likeness (QED) is 0.587. The lowest BCUT2D eigenvalue weighted by molar-refractivity contribution is 1.03. The monoisotopic (exact) mass is 334 g/mol. The molecular formula is C10H5BrCl2N2S. The van der Waals surface area contributed by atoms with E-state index in [1.54, 1.807) is 6.20 Å². The van der Waals surface area contributed by atoms with E-state index in [0.717, 1.165) is 14.4 Å². The summed E-state index contributed by atoms with van der Waals surface area (Å²) in [7, 11) is 0. The molecule has 0 saturated carbocycles. The van der Waals surface area contributed by atoms with Crippen molar-refractivity contribution in [2.75, 3.05) is 0 Å². The molecule has 0 spiro atoms. The summed E-state index contributed by atoms with van der Waals surface area (Å²) in [5.74, 6) is 0. The normalized spacial score (nSPS) is 10.4. The van der Waals surface area contributed by atoms with Crippen LogP contribution in [0.5, 0.6) is 0 Å². The molecule has 0 aliphatic rings. The van der Waals surface area contributed by atoms with E-state index in [2.05, 4.69) is 25.9 Å². The van der Waals surface area contributed by atoms with Crippen LogP contribution in [-0.4, -0.2) is 9.97 Å². The number of hydrogen-bond donors (Lipinski definition) is 0. The maximum atomic E-state index is 6.05. The molecule has 0 radical (unpaired) electrons. The number of halogens is 3. The molecular weight excluding hydrogens is 331 g/mol. The van der Waals surface area contributed by atoms with Crippen molar-refractivity contribution in [3.63, 3.8) is 0 Å². The first kappa shape index (κ1) is 12.2. The van der Waals surface area contributed by atoms with Gasteiger partial charge in [0.25, 0.3) is 0 Å². The van der Waals surface area contributed by atoms with E-state index in [4.69, 9.17) is 23.2 Å². The van der Waals surface area contributed by atoms with Crippen molar-refractivity contribution in [2.45, 2.75) is 9.92 Å². The molecule has 0 aliphatic heterocycles. The Morgan fingerprint density at radius 3 is 2.69 bits per heavy atom. The summed E-state index contributed by atoms with van der Waals surface area (Å²) in [5, 5.41) is 1.65. The summed E-state index contributed by atoms with van der Waals surface area (Å²) in [4.78, 5) is 8.92. The number of nitrogens with zero attached hydrogens (tertiary/aromatic N) is 2. The van der Waals surface area contributed by atoms with E-state index >= 15 is 0 Å². The molecule has 16 heavy (non-hydrogen) atoms. The summed E-state index contributed by atoms with van der Waals surface area (Å²) in [6, 6.07) is 7.56. The average molecular weight is 336 g/mol. The van der Waals surface area contributed by atoms with Crippen LogP contribution in [0.4, 0.5) is 0 Å². The molecule has 2 aromatic rings. The second-order valence-electron chi connectivity index (χ2n) is 2.82. The first-order valence-corrected chi connectivity index (χ1v) is 6.64. The zero-order valence-electron chi connectivity index (χ0n) is 7.82. The van der Waals surface area contributed by atoms with E-state index in [-0.39, 0.29) is 5.28 Å². The van der Waals surface area contributed by atoms with Gasteiger partial charge in [-0.25, -0.2) is 9.97 Å². The number of benzene rings is 1. The van der Waals surface area contributed by atoms with Crippen LogP contribution in [0.1, 0.15) is 0 Å². The molecule has 0 N–H and O–H groups in total. The molecule has 0 amide bonds. The Balaban J connectivity index is 2.34. The van der Waals surface area contributed by atoms with Gasteiger partial charge >= 0.3 is 0 Å².